The van der Waals surface area contributed by atoms with Crippen molar-refractivity contribution in [2.75, 3.05) is 13.1 Å². The van der Waals surface area contributed by atoms with E-state index in [9.17, 15) is 4.79 Å². The summed E-state index contributed by atoms with van der Waals surface area (Å²) in [4.78, 5) is 21.5. The lowest BCUT2D eigenvalue weighted by Crippen LogP contribution is -2.39. The Morgan fingerprint density at radius 1 is 1.30 bits per heavy atom. The second-order valence-electron chi connectivity index (χ2n) is 7.62. The Hall–Kier alpha value is -2.25. The van der Waals surface area contributed by atoms with Gasteiger partial charge in [0.25, 0.3) is 5.91 Å². The van der Waals surface area contributed by atoms with Crippen LogP contribution in [0.5, 0.6) is 0 Å². The van der Waals surface area contributed by atoms with Gasteiger partial charge in [-0.15, -0.1) is 11.3 Å². The third-order valence-corrected chi connectivity index (χ3v) is 6.68. The number of likely N-dealkylation sites (tertiary alicyclic amines) is 1. The maximum atomic E-state index is 13.6. The fourth-order valence-electron chi connectivity index (χ4n) is 4.46. The molecule has 6 nitrogen and oxygen atoms in total. The number of hydrogen-bond donors (Lipinski definition) is 1. The van der Waals surface area contributed by atoms with Gasteiger partial charge in [-0.1, -0.05) is 6.07 Å². The molecule has 140 valence electrons. The number of carbonyl (C=O) groups excluding carboxylic acids is 1. The number of hydrogen-bond acceptors (Lipinski definition) is 5. The predicted octanol–water partition coefficient (Wildman–Crippen LogP) is 2.97. The highest BCUT2D eigenvalue weighted by Gasteiger charge is 2.32. The molecule has 0 radical (unpaired) electrons. The summed E-state index contributed by atoms with van der Waals surface area (Å²) in [5.41, 5.74) is 3.21. The fourth-order valence-corrected chi connectivity index (χ4v) is 5.15. The molecule has 7 heteroatoms. The summed E-state index contributed by atoms with van der Waals surface area (Å²) in [6, 6.07) is 7.00. The number of nitrogens with zero attached hydrogens (tertiary/aromatic N) is 4. The smallest absolute Gasteiger partial charge is 0.254 e. The summed E-state index contributed by atoms with van der Waals surface area (Å²) in [7, 11) is 1.89. The summed E-state index contributed by atoms with van der Waals surface area (Å²) < 4.78 is 1.78. The van der Waals surface area contributed by atoms with Crippen LogP contribution in [0.25, 0.3) is 21.6 Å². The number of aromatic nitrogens is 3. The van der Waals surface area contributed by atoms with Gasteiger partial charge in [-0.05, 0) is 43.7 Å². The largest absolute Gasteiger partial charge is 0.337 e. The highest BCUT2D eigenvalue weighted by atomic mass is 32.1. The Labute approximate surface area is 162 Å². The third-order valence-electron chi connectivity index (χ3n) is 5.78. The Balaban J connectivity index is 1.61. The van der Waals surface area contributed by atoms with Gasteiger partial charge in [0.2, 0.25) is 0 Å². The molecule has 2 unspecified atom stereocenters. The van der Waals surface area contributed by atoms with Crippen LogP contribution in [0, 0.1) is 6.92 Å². The number of rotatable bonds is 2. The van der Waals surface area contributed by atoms with E-state index in [0.717, 1.165) is 58.8 Å². The Morgan fingerprint density at radius 3 is 2.96 bits per heavy atom. The summed E-state index contributed by atoms with van der Waals surface area (Å²) in [6.45, 7) is 3.55. The zero-order chi connectivity index (χ0) is 18.5. The minimum atomic E-state index is 0.102. The van der Waals surface area contributed by atoms with Crippen molar-refractivity contribution in [1.29, 1.82) is 0 Å². The van der Waals surface area contributed by atoms with E-state index < -0.39 is 0 Å². The number of nitrogens with one attached hydrogen (secondary N) is 1. The average Bonchev–Trinajstić information content (AvgIpc) is 3.35. The number of amides is 1. The van der Waals surface area contributed by atoms with E-state index in [1.807, 2.05) is 42.5 Å². The molecule has 2 fully saturated rings. The first-order chi connectivity index (χ1) is 13.1. The Kier molecular flexibility index (Phi) is 4.02. The van der Waals surface area contributed by atoms with Gasteiger partial charge in [0, 0.05) is 32.2 Å². The number of carbonyl (C=O) groups is 1. The molecule has 1 N–H and O–H groups in total. The van der Waals surface area contributed by atoms with Gasteiger partial charge in [-0.2, -0.15) is 5.10 Å². The summed E-state index contributed by atoms with van der Waals surface area (Å²) >= 11 is 1.64. The van der Waals surface area contributed by atoms with Crippen molar-refractivity contribution in [3.63, 3.8) is 0 Å². The zero-order valence-corrected chi connectivity index (χ0v) is 16.4. The van der Waals surface area contributed by atoms with Gasteiger partial charge >= 0.3 is 0 Å². The lowest BCUT2D eigenvalue weighted by atomic mass is 10.0. The average molecular weight is 382 g/mol. The van der Waals surface area contributed by atoms with Crippen LogP contribution in [0.4, 0.5) is 0 Å². The summed E-state index contributed by atoms with van der Waals surface area (Å²) in [6.07, 6.45) is 3.42. The van der Waals surface area contributed by atoms with Crippen molar-refractivity contribution in [2.45, 2.75) is 38.3 Å². The van der Waals surface area contributed by atoms with Crippen LogP contribution >= 0.6 is 11.3 Å². The molecule has 0 aromatic carbocycles. The number of aryl methyl sites for hydroxylation is 2. The van der Waals surface area contributed by atoms with Crippen molar-refractivity contribution >= 4 is 28.3 Å². The van der Waals surface area contributed by atoms with Crippen molar-refractivity contribution in [1.82, 2.24) is 25.0 Å². The molecule has 3 aromatic heterocycles. The molecule has 2 bridgehead atoms. The van der Waals surface area contributed by atoms with Gasteiger partial charge < -0.3 is 10.2 Å². The first-order valence-electron chi connectivity index (χ1n) is 9.53. The molecule has 2 saturated heterocycles. The van der Waals surface area contributed by atoms with E-state index in [4.69, 9.17) is 4.98 Å². The lowest BCUT2D eigenvalue weighted by Gasteiger charge is -2.25. The second-order valence-corrected chi connectivity index (χ2v) is 8.57. The highest BCUT2D eigenvalue weighted by Crippen LogP contribution is 2.31. The maximum Gasteiger partial charge on any atom is 0.254 e. The molecule has 2 aliphatic rings. The number of fused-ring (bicyclic) bond motifs is 3. The summed E-state index contributed by atoms with van der Waals surface area (Å²) in [5.74, 6) is 0.102. The van der Waals surface area contributed by atoms with E-state index in [1.165, 1.54) is 6.42 Å². The van der Waals surface area contributed by atoms with Gasteiger partial charge in [-0.25, -0.2) is 4.98 Å². The van der Waals surface area contributed by atoms with Crippen LogP contribution in [0.1, 0.15) is 35.3 Å². The van der Waals surface area contributed by atoms with Crippen LogP contribution in [0.2, 0.25) is 0 Å². The molecular formula is C20H23N5OS. The highest BCUT2D eigenvalue weighted by molar-refractivity contribution is 7.13. The number of pyridine rings is 1. The van der Waals surface area contributed by atoms with Crippen LogP contribution in [-0.2, 0) is 7.05 Å². The van der Waals surface area contributed by atoms with Gasteiger partial charge in [0.1, 0.15) is 0 Å². The van der Waals surface area contributed by atoms with Crippen molar-refractivity contribution in [2.24, 2.45) is 7.05 Å². The van der Waals surface area contributed by atoms with Crippen LogP contribution in [-0.4, -0.2) is 50.7 Å². The molecule has 0 saturated carbocycles. The van der Waals surface area contributed by atoms with Crippen LogP contribution in [0.15, 0.2) is 23.6 Å². The van der Waals surface area contributed by atoms with Gasteiger partial charge in [0.05, 0.1) is 27.2 Å². The van der Waals surface area contributed by atoms with Crippen LogP contribution < -0.4 is 5.32 Å². The summed E-state index contributed by atoms with van der Waals surface area (Å²) in [5, 5.41) is 11.1. The van der Waals surface area contributed by atoms with E-state index in [2.05, 4.69) is 10.4 Å². The first kappa shape index (κ1) is 16.9. The second kappa shape index (κ2) is 6.42. The van der Waals surface area contributed by atoms with Gasteiger partial charge in [0.15, 0.2) is 5.65 Å². The van der Waals surface area contributed by atoms with Crippen molar-refractivity contribution in [3.05, 3.63) is 34.8 Å². The molecule has 1 amide bonds. The number of thiophene rings is 1. The lowest BCUT2D eigenvalue weighted by molar-refractivity contribution is 0.0750. The molecule has 5 rings (SSSR count). The van der Waals surface area contributed by atoms with E-state index >= 15 is 0 Å². The predicted molar refractivity (Wildman–Crippen MR) is 107 cm³/mol. The SMILES string of the molecule is Cc1nn(C)c2nc(-c3cccs3)cc(C(=O)N3CCC4CCC(C3)N4)c12. The van der Waals surface area contributed by atoms with E-state index in [1.54, 1.807) is 16.0 Å². The van der Waals surface area contributed by atoms with Crippen LogP contribution in [0.3, 0.4) is 0 Å². The van der Waals surface area contributed by atoms with Crippen molar-refractivity contribution < 1.29 is 4.79 Å². The maximum absolute atomic E-state index is 13.6. The first-order valence-corrected chi connectivity index (χ1v) is 10.4. The molecule has 2 atom stereocenters. The minimum absolute atomic E-state index is 0.102. The normalized spacial score (nSPS) is 22.4. The molecule has 2 aliphatic heterocycles. The monoisotopic (exact) mass is 381 g/mol. The Bertz CT molecular complexity index is 1010. The van der Waals surface area contributed by atoms with E-state index in [-0.39, 0.29) is 5.91 Å². The molecule has 3 aromatic rings. The molecule has 0 aliphatic carbocycles. The minimum Gasteiger partial charge on any atom is -0.337 e. The zero-order valence-electron chi connectivity index (χ0n) is 15.6. The third kappa shape index (κ3) is 2.85. The molecular weight excluding hydrogens is 358 g/mol. The molecule has 0 spiro atoms. The quantitative estimate of drug-likeness (QED) is 0.741. The fraction of sp³-hybridized carbons (Fsp3) is 0.450. The van der Waals surface area contributed by atoms with E-state index in [0.29, 0.717) is 12.1 Å². The topological polar surface area (TPSA) is 63.1 Å². The van der Waals surface area contributed by atoms with Gasteiger partial charge in [-0.3, -0.25) is 9.48 Å². The molecule has 27 heavy (non-hydrogen) atoms. The van der Waals surface area contributed by atoms with Crippen molar-refractivity contribution in [3.8, 4) is 10.6 Å². The standard InChI is InChI=1S/C20H23N5OS/c1-12-18-15(20(26)25-8-7-13-5-6-14(11-25)21-13)10-16(17-4-3-9-27-17)22-19(18)24(2)23-12/h3-4,9-10,13-14,21H,5-8,11H2,1-2H3. The Morgan fingerprint density at radius 2 is 2.15 bits per heavy atom. The molecule has 5 heterocycles.